The Labute approximate surface area is 76.9 Å². The number of rotatable bonds is 3. The van der Waals surface area contributed by atoms with Crippen LogP contribution in [0.5, 0.6) is 0 Å². The number of hydrogen-bond donors (Lipinski definition) is 2. The molecule has 0 aliphatic rings. The molecule has 5 heteroatoms. The molecule has 72 valence electrons. The highest BCUT2D eigenvalue weighted by Crippen LogP contribution is 2.02. The second kappa shape index (κ2) is 4.04. The van der Waals surface area contributed by atoms with Crippen LogP contribution >= 0.6 is 0 Å². The Morgan fingerprint density at radius 3 is 3.00 bits per heavy atom. The zero-order valence-corrected chi connectivity index (χ0v) is 7.82. The summed E-state index contributed by atoms with van der Waals surface area (Å²) in [5, 5.41) is 6.79. The molecule has 13 heavy (non-hydrogen) atoms. The van der Waals surface area contributed by atoms with E-state index in [1.165, 1.54) is 10.9 Å². The summed E-state index contributed by atoms with van der Waals surface area (Å²) in [6.45, 7) is 1.93. The predicted molar refractivity (Wildman–Crippen MR) is 50.4 cm³/mol. The second-order valence-corrected chi connectivity index (χ2v) is 2.96. The van der Waals surface area contributed by atoms with Gasteiger partial charge < -0.3 is 11.1 Å². The van der Waals surface area contributed by atoms with Crippen molar-refractivity contribution in [3.63, 3.8) is 0 Å². The van der Waals surface area contributed by atoms with E-state index in [2.05, 4.69) is 10.4 Å². The minimum atomic E-state index is -0.0932. The van der Waals surface area contributed by atoms with E-state index < -0.39 is 0 Å². The standard InChI is InChI=1S/C8H14N4O/c1-6(10-2)5-8(13)12-7(9)3-4-11-12/h3-4,6,10H,5,9H2,1-2H3. The molecule has 0 fully saturated rings. The lowest BCUT2D eigenvalue weighted by molar-refractivity contribution is 0.0879. The van der Waals surface area contributed by atoms with E-state index in [1.807, 2.05) is 14.0 Å². The molecule has 0 saturated carbocycles. The second-order valence-electron chi connectivity index (χ2n) is 2.96. The lowest BCUT2D eigenvalue weighted by atomic mass is 10.2. The lowest BCUT2D eigenvalue weighted by Crippen LogP contribution is -2.27. The lowest BCUT2D eigenvalue weighted by Gasteiger charge is -2.08. The number of anilines is 1. The summed E-state index contributed by atoms with van der Waals surface area (Å²) >= 11 is 0. The van der Waals surface area contributed by atoms with Crippen molar-refractivity contribution in [3.05, 3.63) is 12.3 Å². The molecule has 1 unspecified atom stereocenters. The van der Waals surface area contributed by atoms with Gasteiger partial charge in [-0.2, -0.15) is 9.78 Å². The summed E-state index contributed by atoms with van der Waals surface area (Å²) < 4.78 is 1.22. The summed E-state index contributed by atoms with van der Waals surface area (Å²) in [4.78, 5) is 11.5. The summed E-state index contributed by atoms with van der Waals surface area (Å²) in [5.41, 5.74) is 5.52. The molecule has 3 N–H and O–H groups in total. The van der Waals surface area contributed by atoms with Crippen molar-refractivity contribution in [2.45, 2.75) is 19.4 Å². The Hall–Kier alpha value is -1.36. The number of nitrogens with one attached hydrogen (secondary N) is 1. The SMILES string of the molecule is CNC(C)CC(=O)n1nccc1N. The zero-order chi connectivity index (χ0) is 9.84. The van der Waals surface area contributed by atoms with E-state index in [1.54, 1.807) is 6.07 Å². The average Bonchev–Trinajstić information content (AvgIpc) is 2.51. The molecule has 0 aliphatic heterocycles. The number of nitrogens with two attached hydrogens (primary N) is 1. The van der Waals surface area contributed by atoms with Crippen LogP contribution in [0, 0.1) is 0 Å². The maximum atomic E-state index is 11.5. The minimum absolute atomic E-state index is 0.0932. The highest BCUT2D eigenvalue weighted by molar-refractivity contribution is 5.81. The van der Waals surface area contributed by atoms with Crippen molar-refractivity contribution in [1.29, 1.82) is 0 Å². The fraction of sp³-hybridized carbons (Fsp3) is 0.500. The van der Waals surface area contributed by atoms with E-state index >= 15 is 0 Å². The first-order valence-corrected chi connectivity index (χ1v) is 4.15. The molecular formula is C8H14N4O. The van der Waals surface area contributed by atoms with Gasteiger partial charge in [-0.25, -0.2) is 0 Å². The van der Waals surface area contributed by atoms with E-state index in [0.717, 1.165) is 0 Å². The predicted octanol–water partition coefficient (Wildman–Crippen LogP) is 0.103. The van der Waals surface area contributed by atoms with Gasteiger partial charge in [0.1, 0.15) is 5.82 Å². The summed E-state index contributed by atoms with van der Waals surface area (Å²) in [5.74, 6) is 0.289. The highest BCUT2D eigenvalue weighted by Gasteiger charge is 2.11. The van der Waals surface area contributed by atoms with Gasteiger partial charge in [-0.3, -0.25) is 4.79 Å². The molecule has 1 heterocycles. The molecule has 0 aliphatic carbocycles. The Bertz CT molecular complexity index is 294. The molecule has 1 aromatic rings. The molecule has 0 aromatic carbocycles. The number of nitrogens with zero attached hydrogens (tertiary/aromatic N) is 2. The van der Waals surface area contributed by atoms with Crippen LogP contribution < -0.4 is 11.1 Å². The third kappa shape index (κ3) is 2.29. The quantitative estimate of drug-likeness (QED) is 0.695. The van der Waals surface area contributed by atoms with Crippen LogP contribution in [0.2, 0.25) is 0 Å². The van der Waals surface area contributed by atoms with Crippen molar-refractivity contribution in [2.75, 3.05) is 12.8 Å². The van der Waals surface area contributed by atoms with Crippen LogP contribution in [0.4, 0.5) is 5.82 Å². The fourth-order valence-corrected chi connectivity index (χ4v) is 0.972. The number of nitrogen functional groups attached to an aromatic ring is 1. The molecule has 0 bridgehead atoms. The fourth-order valence-electron chi connectivity index (χ4n) is 0.972. The van der Waals surface area contributed by atoms with Gasteiger partial charge >= 0.3 is 0 Å². The topological polar surface area (TPSA) is 72.9 Å². The van der Waals surface area contributed by atoms with Crippen LogP contribution in [0.25, 0.3) is 0 Å². The maximum Gasteiger partial charge on any atom is 0.250 e. The molecule has 1 rings (SSSR count). The third-order valence-corrected chi connectivity index (χ3v) is 1.88. The van der Waals surface area contributed by atoms with Crippen LogP contribution in [-0.2, 0) is 0 Å². The van der Waals surface area contributed by atoms with E-state index in [9.17, 15) is 4.79 Å². The average molecular weight is 182 g/mol. The Morgan fingerprint density at radius 1 is 1.85 bits per heavy atom. The largest absolute Gasteiger partial charge is 0.383 e. The van der Waals surface area contributed by atoms with Crippen LogP contribution in [0.15, 0.2) is 12.3 Å². The first kappa shape index (κ1) is 9.73. The minimum Gasteiger partial charge on any atom is -0.383 e. The maximum absolute atomic E-state index is 11.5. The zero-order valence-electron chi connectivity index (χ0n) is 7.82. The van der Waals surface area contributed by atoms with Gasteiger partial charge in [-0.05, 0) is 14.0 Å². The van der Waals surface area contributed by atoms with Crippen LogP contribution in [0.1, 0.15) is 18.1 Å². The normalized spacial score (nSPS) is 12.8. The summed E-state index contributed by atoms with van der Waals surface area (Å²) in [6, 6.07) is 1.73. The van der Waals surface area contributed by atoms with Gasteiger partial charge in [0.2, 0.25) is 5.91 Å². The number of carbonyl (C=O) groups is 1. The summed E-state index contributed by atoms with van der Waals surface area (Å²) in [6.07, 6.45) is 1.90. The number of carbonyl (C=O) groups excluding carboxylic acids is 1. The van der Waals surface area contributed by atoms with Gasteiger partial charge in [0, 0.05) is 18.5 Å². The van der Waals surface area contributed by atoms with E-state index in [4.69, 9.17) is 5.73 Å². The molecule has 0 spiro atoms. The Morgan fingerprint density at radius 2 is 2.54 bits per heavy atom. The Balaban J connectivity index is 2.64. The first-order chi connectivity index (χ1) is 6.15. The van der Waals surface area contributed by atoms with Crippen molar-refractivity contribution < 1.29 is 4.79 Å². The van der Waals surface area contributed by atoms with Crippen molar-refractivity contribution in [1.82, 2.24) is 15.1 Å². The molecule has 1 atom stereocenters. The van der Waals surface area contributed by atoms with E-state index in [0.29, 0.717) is 12.2 Å². The van der Waals surface area contributed by atoms with Crippen molar-refractivity contribution >= 4 is 11.7 Å². The van der Waals surface area contributed by atoms with Crippen molar-refractivity contribution in [2.24, 2.45) is 0 Å². The van der Waals surface area contributed by atoms with Gasteiger partial charge in [-0.1, -0.05) is 0 Å². The van der Waals surface area contributed by atoms with Gasteiger partial charge in [-0.15, -0.1) is 0 Å². The highest BCUT2D eigenvalue weighted by atomic mass is 16.2. The van der Waals surface area contributed by atoms with Gasteiger partial charge in [0.25, 0.3) is 0 Å². The molecule has 0 saturated heterocycles. The molecule has 0 amide bonds. The van der Waals surface area contributed by atoms with Gasteiger partial charge in [0.05, 0.1) is 6.20 Å². The summed E-state index contributed by atoms with van der Waals surface area (Å²) in [7, 11) is 1.81. The number of hydrogen-bond acceptors (Lipinski definition) is 4. The third-order valence-electron chi connectivity index (χ3n) is 1.88. The smallest absolute Gasteiger partial charge is 0.250 e. The van der Waals surface area contributed by atoms with Crippen molar-refractivity contribution in [3.8, 4) is 0 Å². The monoisotopic (exact) mass is 182 g/mol. The van der Waals surface area contributed by atoms with Crippen LogP contribution in [-0.4, -0.2) is 28.8 Å². The van der Waals surface area contributed by atoms with Crippen LogP contribution in [0.3, 0.4) is 0 Å². The molecule has 5 nitrogen and oxygen atoms in total. The molecule has 1 aromatic heterocycles. The van der Waals surface area contributed by atoms with Gasteiger partial charge in [0.15, 0.2) is 0 Å². The molecular weight excluding hydrogens is 168 g/mol. The van der Waals surface area contributed by atoms with E-state index in [-0.39, 0.29) is 11.9 Å². The molecule has 0 radical (unpaired) electrons. The first-order valence-electron chi connectivity index (χ1n) is 4.15. The Kier molecular flexibility index (Phi) is 3.02. The number of aromatic nitrogens is 2.